The number of carbonyl (C=O) groups is 11. The molecule has 1 saturated heterocycles. The fourth-order valence-electron chi connectivity index (χ4n) is 9.24. The van der Waals surface area contributed by atoms with Crippen molar-refractivity contribution in [1.29, 1.82) is 0 Å². The summed E-state index contributed by atoms with van der Waals surface area (Å²) in [6.45, 7) is 4.25. The highest BCUT2D eigenvalue weighted by atomic mass is 16.3. The Morgan fingerprint density at radius 1 is 0.547 bits per heavy atom. The number of fused-ring (bicyclic) bond motifs is 1. The molecule has 0 saturated carbocycles. The van der Waals surface area contributed by atoms with Gasteiger partial charge in [0.15, 0.2) is 0 Å². The van der Waals surface area contributed by atoms with Gasteiger partial charge in [-0.3, -0.25) is 52.7 Å². The van der Waals surface area contributed by atoms with Gasteiger partial charge in [0.25, 0.3) is 5.91 Å². The first-order valence-electron chi connectivity index (χ1n) is 28.7. The number of benzene rings is 3. The Balaban J connectivity index is 1.69. The molecule has 3 aromatic carbocycles. The lowest BCUT2D eigenvalue weighted by Gasteiger charge is -2.28. The van der Waals surface area contributed by atoms with Gasteiger partial charge in [0, 0.05) is 25.1 Å². The van der Waals surface area contributed by atoms with E-state index < -0.39 is 157 Å². The molecule has 0 spiro atoms. The van der Waals surface area contributed by atoms with Crippen LogP contribution in [0, 0.1) is 5.92 Å². The van der Waals surface area contributed by atoms with Crippen molar-refractivity contribution in [2.24, 2.45) is 34.6 Å². The van der Waals surface area contributed by atoms with E-state index in [-0.39, 0.29) is 76.2 Å². The molecule has 11 amide bonds. The van der Waals surface area contributed by atoms with Gasteiger partial charge in [-0.2, -0.15) is 0 Å². The highest BCUT2D eigenvalue weighted by molar-refractivity contribution is 6.02. The molecule has 1 fully saturated rings. The quantitative estimate of drug-likeness (QED) is 0.0421. The third kappa shape index (κ3) is 21.7. The summed E-state index contributed by atoms with van der Waals surface area (Å²) in [5.41, 5.74) is 30.3. The van der Waals surface area contributed by atoms with Crippen LogP contribution in [0.15, 0.2) is 72.8 Å². The first kappa shape index (κ1) is 70.3. The Bertz CT molecular complexity index is 2810. The van der Waals surface area contributed by atoms with E-state index in [0.29, 0.717) is 5.56 Å². The predicted octanol–water partition coefficient (Wildman–Crippen LogP) is -5.77. The summed E-state index contributed by atoms with van der Waals surface area (Å²) < 4.78 is 0. The van der Waals surface area contributed by atoms with Crippen molar-refractivity contribution in [3.8, 4) is 0 Å². The van der Waals surface area contributed by atoms with Crippen LogP contribution in [-0.4, -0.2) is 187 Å². The number of hydrogen-bond acceptors (Lipinski definition) is 18. The molecular formula is C57H86N16O13. The monoisotopic (exact) mass is 1200 g/mol. The molecule has 0 bridgehead atoms. The molecule has 3 aromatic rings. The van der Waals surface area contributed by atoms with E-state index in [2.05, 4.69) is 58.5 Å². The average molecular weight is 1200 g/mol. The fraction of sp³-hybridized carbons (Fsp3) is 0.526. The second-order valence-electron chi connectivity index (χ2n) is 21.4. The normalized spacial score (nSPS) is 22.4. The van der Waals surface area contributed by atoms with Crippen molar-refractivity contribution in [2.45, 2.75) is 145 Å². The van der Waals surface area contributed by atoms with Crippen LogP contribution < -0.4 is 87.2 Å². The minimum atomic E-state index is -1.76. The summed E-state index contributed by atoms with van der Waals surface area (Å²) >= 11 is 0. The van der Waals surface area contributed by atoms with Crippen molar-refractivity contribution in [3.05, 3.63) is 83.9 Å². The number of nitrogens with one attached hydrogen (secondary N) is 11. The lowest BCUT2D eigenvalue weighted by atomic mass is 10.00. The van der Waals surface area contributed by atoms with Crippen LogP contribution in [0.1, 0.15) is 82.1 Å². The minimum absolute atomic E-state index is 0.0390. The van der Waals surface area contributed by atoms with Gasteiger partial charge in [-0.05, 0) is 113 Å². The Hall–Kier alpha value is -8.19. The summed E-state index contributed by atoms with van der Waals surface area (Å²) in [6, 6.07) is 5.56. The van der Waals surface area contributed by atoms with Crippen molar-refractivity contribution in [1.82, 2.24) is 58.5 Å². The largest absolute Gasteiger partial charge is 0.391 e. The number of amides is 11. The Kier molecular flexibility index (Phi) is 28.9. The molecule has 29 nitrogen and oxygen atoms in total. The Labute approximate surface area is 498 Å². The lowest BCUT2D eigenvalue weighted by molar-refractivity contribution is -0.136. The van der Waals surface area contributed by atoms with Crippen molar-refractivity contribution >= 4 is 75.8 Å². The fourth-order valence-corrected chi connectivity index (χ4v) is 9.24. The van der Waals surface area contributed by atoms with Crippen LogP contribution in [-0.2, 0) is 54.4 Å². The van der Waals surface area contributed by atoms with Gasteiger partial charge in [-0.15, -0.1) is 0 Å². The Morgan fingerprint density at radius 3 is 1.62 bits per heavy atom. The molecule has 0 unspecified atom stereocenters. The molecular weight excluding hydrogens is 1120 g/mol. The topological polar surface area (TPSA) is 491 Å². The molecule has 29 heteroatoms. The maximum Gasteiger partial charge on any atom is 0.251 e. The lowest BCUT2D eigenvalue weighted by Crippen LogP contribution is -2.63. The zero-order valence-corrected chi connectivity index (χ0v) is 48.9. The van der Waals surface area contributed by atoms with Crippen LogP contribution in [0.2, 0.25) is 0 Å². The third-order valence-electron chi connectivity index (χ3n) is 14.0. The summed E-state index contributed by atoms with van der Waals surface area (Å²) in [7, 11) is 0. The van der Waals surface area contributed by atoms with Gasteiger partial charge in [0.05, 0.1) is 12.2 Å². The number of aliphatic hydroxyl groups is 2. The van der Waals surface area contributed by atoms with Crippen molar-refractivity contribution in [2.75, 3.05) is 39.3 Å². The average Bonchev–Trinajstić information content (AvgIpc) is 3.68. The number of nitrogens with two attached hydrogens (primary N) is 5. The summed E-state index contributed by atoms with van der Waals surface area (Å²) in [6.07, 6.45) is -4.42. The van der Waals surface area contributed by atoms with Crippen LogP contribution in [0.25, 0.3) is 10.8 Å². The van der Waals surface area contributed by atoms with E-state index in [1.54, 1.807) is 74.5 Å². The van der Waals surface area contributed by atoms with Gasteiger partial charge >= 0.3 is 0 Å². The minimum Gasteiger partial charge on any atom is -0.391 e. The van der Waals surface area contributed by atoms with Gasteiger partial charge < -0.3 is 97.4 Å². The first-order chi connectivity index (χ1) is 40.9. The van der Waals surface area contributed by atoms with E-state index in [4.69, 9.17) is 28.7 Å². The van der Waals surface area contributed by atoms with E-state index in [1.807, 2.05) is 12.1 Å². The van der Waals surface area contributed by atoms with Crippen LogP contribution in [0.5, 0.6) is 0 Å². The van der Waals surface area contributed by atoms with Crippen LogP contribution in [0.3, 0.4) is 0 Å². The van der Waals surface area contributed by atoms with Crippen LogP contribution >= 0.6 is 0 Å². The highest BCUT2D eigenvalue weighted by Gasteiger charge is 2.37. The first-order valence-corrected chi connectivity index (χ1v) is 28.7. The van der Waals surface area contributed by atoms with E-state index in [9.17, 15) is 63.0 Å². The van der Waals surface area contributed by atoms with Gasteiger partial charge in [0.1, 0.15) is 60.4 Å². The molecule has 4 rings (SSSR count). The molecule has 0 aliphatic carbocycles. The van der Waals surface area contributed by atoms with E-state index >= 15 is 0 Å². The zero-order valence-electron chi connectivity index (χ0n) is 48.9. The smallest absolute Gasteiger partial charge is 0.251 e. The van der Waals surface area contributed by atoms with Gasteiger partial charge in [-0.25, -0.2) is 0 Å². The second-order valence-corrected chi connectivity index (χ2v) is 21.4. The van der Waals surface area contributed by atoms with Crippen molar-refractivity contribution in [3.63, 3.8) is 0 Å². The molecule has 1 heterocycles. The van der Waals surface area contributed by atoms with E-state index in [1.165, 1.54) is 13.8 Å². The van der Waals surface area contributed by atoms with Crippen molar-refractivity contribution < 1.29 is 63.0 Å². The molecule has 0 aromatic heterocycles. The molecule has 1 aliphatic heterocycles. The van der Waals surface area contributed by atoms with E-state index in [0.717, 1.165) is 10.8 Å². The molecule has 0 radical (unpaired) electrons. The maximum absolute atomic E-state index is 14.5. The highest BCUT2D eigenvalue weighted by Crippen LogP contribution is 2.17. The molecule has 23 N–H and O–H groups in total. The number of carbonyl (C=O) groups excluding carboxylic acids is 11. The molecule has 1 aliphatic rings. The van der Waals surface area contributed by atoms with Gasteiger partial charge in [-0.1, -0.05) is 74.5 Å². The standard InChI is InChI=1S/C57H86N16O13/c1-30(2)26-42-53(82)67-37(16-21-58)48(77)66-40(19-24-61)52(81)72-45(31(3)74)56(85)63-25-20-41(50(79)65-38(17-22-59)49(78)70-43(54(83)69-42)27-33-10-6-5-7-11-33)68-55(84)44(29-62)71-57(86)46(32(4)75)73-51(80)39(18-23-60)64-47(76)36-15-14-34-12-8-9-13-35(34)28-36/h5-15,28,30-32,37-46,74-75H,16-27,29,58-62H2,1-4H3,(H,63,85)(H,64,76)(H,65,79)(H,66,77)(H,67,82)(H,68,84)(H,69,83)(H,70,78)(H,71,86)(H,72,81)(H,73,80)/t31-,32-,37+,38+,39+,40+,41+,42+,43-,44+,45+,46+/m1/s1. The SMILES string of the molecule is CC(C)C[C@@H]1NC(=O)[C@@H](Cc2ccccc2)NC(=O)[C@H](CCN)NC(=O)[C@@H](NC(=O)[C@H](CN)NC(=O)[C@@H](NC(=O)[C@H](CCN)NC(=O)c2ccc3ccccc3c2)[C@@H](C)O)CCNC(=O)[C@H]([C@@H](C)O)NC(=O)[C@H](CCN)NC(=O)[C@H](CCN)NC1=O. The molecule has 86 heavy (non-hydrogen) atoms. The predicted molar refractivity (Wildman–Crippen MR) is 317 cm³/mol. The number of hydrogen-bond donors (Lipinski definition) is 18. The second kappa shape index (κ2) is 35.3. The number of rotatable bonds is 23. The maximum atomic E-state index is 14.5. The summed E-state index contributed by atoms with van der Waals surface area (Å²) in [5, 5.41) is 51.0. The Morgan fingerprint density at radius 2 is 1.07 bits per heavy atom. The summed E-state index contributed by atoms with van der Waals surface area (Å²) in [5.74, 6) is -10.5. The van der Waals surface area contributed by atoms with Crippen LogP contribution in [0.4, 0.5) is 0 Å². The summed E-state index contributed by atoms with van der Waals surface area (Å²) in [4.78, 5) is 154. The molecule has 12 atom stereocenters. The molecule has 472 valence electrons. The third-order valence-corrected chi connectivity index (χ3v) is 14.0. The number of aliphatic hydroxyl groups excluding tert-OH is 2. The van der Waals surface area contributed by atoms with Gasteiger partial charge in [0.2, 0.25) is 59.1 Å². The zero-order chi connectivity index (χ0) is 63.6.